The van der Waals surface area contributed by atoms with Crippen molar-refractivity contribution in [3.05, 3.63) is 69.2 Å². The summed E-state index contributed by atoms with van der Waals surface area (Å²) >= 11 is 5.68. The molecule has 2 amide bonds. The molecule has 2 aromatic rings. The molecule has 124 valence electrons. The summed E-state index contributed by atoms with van der Waals surface area (Å²) in [5.74, 6) is -1.72. The van der Waals surface area contributed by atoms with E-state index in [4.69, 9.17) is 11.6 Å². The number of hydrogen-bond donors (Lipinski definition) is 2. The van der Waals surface area contributed by atoms with Gasteiger partial charge >= 0.3 is 11.8 Å². The summed E-state index contributed by atoms with van der Waals surface area (Å²) in [5.41, 5.74) is 0.805. The van der Waals surface area contributed by atoms with E-state index in [-0.39, 0.29) is 16.4 Å². The number of halogens is 1. The Bertz CT molecular complexity index is 765. The summed E-state index contributed by atoms with van der Waals surface area (Å²) in [7, 11) is 0. The van der Waals surface area contributed by atoms with Crippen molar-refractivity contribution in [2.24, 2.45) is 0 Å². The first-order chi connectivity index (χ1) is 11.5. The highest BCUT2D eigenvalue weighted by Gasteiger charge is 2.17. The van der Waals surface area contributed by atoms with Crippen LogP contribution in [0.1, 0.15) is 5.56 Å². The van der Waals surface area contributed by atoms with E-state index in [0.29, 0.717) is 13.0 Å². The van der Waals surface area contributed by atoms with Crippen molar-refractivity contribution in [1.82, 2.24) is 5.32 Å². The predicted molar refractivity (Wildman–Crippen MR) is 89.9 cm³/mol. The van der Waals surface area contributed by atoms with E-state index < -0.39 is 16.7 Å². The molecule has 0 bridgehead atoms. The van der Waals surface area contributed by atoms with E-state index in [9.17, 15) is 19.7 Å². The number of benzene rings is 2. The third kappa shape index (κ3) is 4.79. The van der Waals surface area contributed by atoms with Crippen LogP contribution in [0.2, 0.25) is 5.02 Å². The number of hydrogen-bond acceptors (Lipinski definition) is 4. The second-order valence-corrected chi connectivity index (χ2v) is 5.28. The first kappa shape index (κ1) is 17.4. The molecule has 2 aromatic carbocycles. The molecular formula is C16H14ClN3O4. The van der Waals surface area contributed by atoms with E-state index in [1.165, 1.54) is 12.1 Å². The van der Waals surface area contributed by atoms with Gasteiger partial charge in [0.25, 0.3) is 5.69 Å². The lowest BCUT2D eigenvalue weighted by molar-refractivity contribution is -0.384. The molecular weight excluding hydrogens is 334 g/mol. The minimum atomic E-state index is -0.903. The number of carbonyl (C=O) groups is 2. The molecule has 7 nitrogen and oxygen atoms in total. The van der Waals surface area contributed by atoms with Crippen molar-refractivity contribution in [3.8, 4) is 0 Å². The van der Waals surface area contributed by atoms with Gasteiger partial charge in [-0.1, -0.05) is 41.9 Å². The smallest absolute Gasteiger partial charge is 0.313 e. The quantitative estimate of drug-likeness (QED) is 0.493. The Morgan fingerprint density at radius 3 is 2.46 bits per heavy atom. The first-order valence-electron chi connectivity index (χ1n) is 7.04. The summed E-state index contributed by atoms with van der Waals surface area (Å²) in [6, 6.07) is 13.2. The monoisotopic (exact) mass is 347 g/mol. The molecule has 0 fully saturated rings. The Morgan fingerprint density at radius 2 is 1.79 bits per heavy atom. The van der Waals surface area contributed by atoms with Crippen LogP contribution < -0.4 is 10.6 Å². The van der Waals surface area contributed by atoms with Gasteiger partial charge in [0.15, 0.2) is 0 Å². The molecule has 0 heterocycles. The van der Waals surface area contributed by atoms with E-state index in [2.05, 4.69) is 10.6 Å². The third-order valence-corrected chi connectivity index (χ3v) is 3.47. The number of nitrogens with one attached hydrogen (secondary N) is 2. The van der Waals surface area contributed by atoms with Gasteiger partial charge in [0, 0.05) is 18.3 Å². The molecule has 0 aliphatic carbocycles. The summed E-state index contributed by atoms with van der Waals surface area (Å²) in [6.07, 6.45) is 0.590. The summed E-state index contributed by atoms with van der Waals surface area (Å²) in [5, 5.41) is 15.5. The number of rotatable bonds is 5. The van der Waals surface area contributed by atoms with E-state index in [1.807, 2.05) is 30.3 Å². The van der Waals surface area contributed by atoms with Crippen LogP contribution in [-0.4, -0.2) is 23.3 Å². The van der Waals surface area contributed by atoms with Crippen LogP contribution in [0.25, 0.3) is 0 Å². The average Bonchev–Trinajstić information content (AvgIpc) is 2.57. The SMILES string of the molecule is O=C(NCCc1ccccc1)C(=O)Nc1ccc(Cl)c([N+](=O)[O-])c1. The molecule has 0 saturated heterocycles. The van der Waals surface area contributed by atoms with E-state index >= 15 is 0 Å². The molecule has 0 spiro atoms. The van der Waals surface area contributed by atoms with E-state index in [1.54, 1.807) is 0 Å². The highest BCUT2D eigenvalue weighted by molar-refractivity contribution is 6.39. The molecule has 0 unspecified atom stereocenters. The van der Waals surface area contributed by atoms with Gasteiger partial charge in [-0.3, -0.25) is 19.7 Å². The molecule has 0 saturated carbocycles. The zero-order valence-electron chi connectivity index (χ0n) is 12.5. The first-order valence-corrected chi connectivity index (χ1v) is 7.42. The van der Waals surface area contributed by atoms with Crippen LogP contribution >= 0.6 is 11.6 Å². The zero-order chi connectivity index (χ0) is 17.5. The molecule has 0 aliphatic heterocycles. The largest absolute Gasteiger partial charge is 0.347 e. The van der Waals surface area contributed by atoms with Gasteiger partial charge < -0.3 is 10.6 Å². The highest BCUT2D eigenvalue weighted by atomic mass is 35.5. The lowest BCUT2D eigenvalue weighted by Gasteiger charge is -2.07. The average molecular weight is 348 g/mol. The van der Waals surface area contributed by atoms with Crippen LogP contribution in [0.3, 0.4) is 0 Å². The fourth-order valence-corrected chi connectivity index (χ4v) is 2.15. The fraction of sp³-hybridized carbons (Fsp3) is 0.125. The lowest BCUT2D eigenvalue weighted by Crippen LogP contribution is -2.36. The summed E-state index contributed by atoms with van der Waals surface area (Å²) in [6.45, 7) is 0.303. The molecule has 0 atom stereocenters. The number of anilines is 1. The standard InChI is InChI=1S/C16H14ClN3O4/c17-13-7-6-12(10-14(13)20(23)24)19-16(22)15(21)18-9-8-11-4-2-1-3-5-11/h1-7,10H,8-9H2,(H,18,21)(H,19,22). The molecule has 0 aromatic heterocycles. The summed E-state index contributed by atoms with van der Waals surface area (Å²) in [4.78, 5) is 33.7. The number of nitro groups is 1. The van der Waals surface area contributed by atoms with Gasteiger partial charge in [0.2, 0.25) is 0 Å². The normalized spacial score (nSPS) is 10.0. The highest BCUT2D eigenvalue weighted by Crippen LogP contribution is 2.27. The molecule has 0 radical (unpaired) electrons. The Balaban J connectivity index is 1.88. The number of amides is 2. The van der Waals surface area contributed by atoms with Gasteiger partial charge in [-0.2, -0.15) is 0 Å². The van der Waals surface area contributed by atoms with E-state index in [0.717, 1.165) is 11.6 Å². The molecule has 0 aliphatic rings. The van der Waals surface area contributed by atoms with Crippen molar-refractivity contribution in [3.63, 3.8) is 0 Å². The van der Waals surface area contributed by atoms with Gasteiger partial charge in [-0.05, 0) is 24.1 Å². The van der Waals surface area contributed by atoms with Crippen molar-refractivity contribution in [2.75, 3.05) is 11.9 Å². The lowest BCUT2D eigenvalue weighted by atomic mass is 10.1. The Morgan fingerprint density at radius 1 is 1.08 bits per heavy atom. The van der Waals surface area contributed by atoms with Crippen LogP contribution in [0.5, 0.6) is 0 Å². The van der Waals surface area contributed by atoms with Crippen molar-refractivity contribution < 1.29 is 14.5 Å². The van der Waals surface area contributed by atoms with Crippen LogP contribution in [0, 0.1) is 10.1 Å². The third-order valence-electron chi connectivity index (χ3n) is 3.15. The molecule has 8 heteroatoms. The maximum absolute atomic E-state index is 11.8. The summed E-state index contributed by atoms with van der Waals surface area (Å²) < 4.78 is 0. The van der Waals surface area contributed by atoms with Gasteiger partial charge in [0.1, 0.15) is 5.02 Å². The van der Waals surface area contributed by atoms with Crippen molar-refractivity contribution in [2.45, 2.75) is 6.42 Å². The number of nitro benzene ring substituents is 1. The van der Waals surface area contributed by atoms with Gasteiger partial charge in [-0.15, -0.1) is 0 Å². The van der Waals surface area contributed by atoms with Gasteiger partial charge in [-0.25, -0.2) is 0 Å². The second kappa shape index (κ2) is 8.07. The maximum Gasteiger partial charge on any atom is 0.313 e. The van der Waals surface area contributed by atoms with Crippen LogP contribution in [0.4, 0.5) is 11.4 Å². The van der Waals surface area contributed by atoms with Crippen molar-refractivity contribution in [1.29, 1.82) is 0 Å². The second-order valence-electron chi connectivity index (χ2n) is 4.87. The minimum Gasteiger partial charge on any atom is -0.347 e. The maximum atomic E-state index is 11.8. The molecule has 2 N–H and O–H groups in total. The Labute approximate surface area is 142 Å². The predicted octanol–water partition coefficient (Wildman–Crippen LogP) is 2.55. The van der Waals surface area contributed by atoms with Gasteiger partial charge in [0.05, 0.1) is 4.92 Å². The zero-order valence-corrected chi connectivity index (χ0v) is 13.2. The van der Waals surface area contributed by atoms with Crippen LogP contribution in [0.15, 0.2) is 48.5 Å². The Kier molecular flexibility index (Phi) is 5.86. The number of nitrogens with zero attached hydrogens (tertiary/aromatic N) is 1. The molecule has 24 heavy (non-hydrogen) atoms. The van der Waals surface area contributed by atoms with Crippen LogP contribution in [-0.2, 0) is 16.0 Å². The molecule has 2 rings (SSSR count). The topological polar surface area (TPSA) is 101 Å². The minimum absolute atomic E-state index is 0.0506. The Hall–Kier alpha value is -2.93. The number of carbonyl (C=O) groups excluding carboxylic acids is 2. The fourth-order valence-electron chi connectivity index (χ4n) is 1.96. The van der Waals surface area contributed by atoms with Crippen molar-refractivity contribution >= 4 is 34.8 Å².